The molecule has 1 saturated carbocycles. The standard InChI is InChI=1S/C16H21ClOS/c1-12-7-8-13(16(17)9-12)10-14(18)11-19-15-5-3-2-4-6-15/h7-9,15H,2-6,10-11H2,1H3. The summed E-state index contributed by atoms with van der Waals surface area (Å²) in [6.45, 7) is 2.01. The number of hydrogen-bond donors (Lipinski definition) is 0. The summed E-state index contributed by atoms with van der Waals surface area (Å²) in [5.74, 6) is 0.927. The first-order valence-corrected chi connectivity index (χ1v) is 8.46. The molecule has 1 aliphatic rings. The van der Waals surface area contributed by atoms with E-state index < -0.39 is 0 Å². The number of hydrogen-bond acceptors (Lipinski definition) is 2. The molecule has 1 fully saturated rings. The van der Waals surface area contributed by atoms with Crippen LogP contribution in [0.15, 0.2) is 18.2 Å². The highest BCUT2D eigenvalue weighted by Gasteiger charge is 2.15. The molecule has 0 radical (unpaired) electrons. The lowest BCUT2D eigenvalue weighted by atomic mass is 10.0. The minimum Gasteiger partial charge on any atom is -0.298 e. The van der Waals surface area contributed by atoms with Crippen molar-refractivity contribution in [2.75, 3.05) is 5.75 Å². The molecule has 0 N–H and O–H groups in total. The molecule has 0 unspecified atom stereocenters. The van der Waals surface area contributed by atoms with E-state index in [1.165, 1.54) is 32.1 Å². The number of rotatable bonds is 5. The Balaban J connectivity index is 1.80. The summed E-state index contributed by atoms with van der Waals surface area (Å²) in [5, 5.41) is 1.42. The van der Waals surface area contributed by atoms with E-state index in [0.717, 1.165) is 16.1 Å². The van der Waals surface area contributed by atoms with Gasteiger partial charge in [0, 0.05) is 16.7 Å². The van der Waals surface area contributed by atoms with Gasteiger partial charge in [-0.05, 0) is 37.0 Å². The van der Waals surface area contributed by atoms with E-state index in [0.29, 0.717) is 23.2 Å². The summed E-state index contributed by atoms with van der Waals surface area (Å²) in [6, 6.07) is 5.92. The maximum Gasteiger partial charge on any atom is 0.147 e. The highest BCUT2D eigenvalue weighted by Crippen LogP contribution is 2.28. The number of aryl methyl sites for hydroxylation is 1. The van der Waals surface area contributed by atoms with Crippen molar-refractivity contribution in [3.63, 3.8) is 0 Å². The van der Waals surface area contributed by atoms with Crippen molar-refractivity contribution < 1.29 is 4.79 Å². The fraction of sp³-hybridized carbons (Fsp3) is 0.562. The molecule has 0 atom stereocenters. The molecule has 0 saturated heterocycles. The van der Waals surface area contributed by atoms with Gasteiger partial charge in [-0.15, -0.1) is 0 Å². The number of carbonyl (C=O) groups is 1. The van der Waals surface area contributed by atoms with Gasteiger partial charge in [0.05, 0.1) is 5.75 Å². The summed E-state index contributed by atoms with van der Waals surface area (Å²) >= 11 is 8.00. The number of halogens is 1. The second kappa shape index (κ2) is 7.35. The second-order valence-corrected chi connectivity index (χ2v) is 7.08. The molecule has 0 heterocycles. The summed E-state index contributed by atoms with van der Waals surface area (Å²) in [4.78, 5) is 12.0. The van der Waals surface area contributed by atoms with Crippen LogP contribution in [0.5, 0.6) is 0 Å². The third kappa shape index (κ3) is 4.85. The van der Waals surface area contributed by atoms with Gasteiger partial charge in [-0.1, -0.05) is 43.0 Å². The highest BCUT2D eigenvalue weighted by atomic mass is 35.5. The Morgan fingerprint density at radius 1 is 1.32 bits per heavy atom. The summed E-state index contributed by atoms with van der Waals surface area (Å²) < 4.78 is 0. The van der Waals surface area contributed by atoms with Gasteiger partial charge in [0.15, 0.2) is 0 Å². The van der Waals surface area contributed by atoms with Crippen LogP contribution < -0.4 is 0 Å². The molecule has 104 valence electrons. The predicted molar refractivity (Wildman–Crippen MR) is 84.2 cm³/mol. The Morgan fingerprint density at radius 3 is 2.74 bits per heavy atom. The van der Waals surface area contributed by atoms with E-state index in [2.05, 4.69) is 0 Å². The quantitative estimate of drug-likeness (QED) is 0.774. The first-order chi connectivity index (χ1) is 9.15. The van der Waals surface area contributed by atoms with E-state index in [1.54, 1.807) is 0 Å². The molecule has 1 aliphatic carbocycles. The second-order valence-electron chi connectivity index (χ2n) is 5.38. The molecule has 0 aliphatic heterocycles. The van der Waals surface area contributed by atoms with E-state index in [-0.39, 0.29) is 0 Å². The van der Waals surface area contributed by atoms with Gasteiger partial charge < -0.3 is 0 Å². The van der Waals surface area contributed by atoms with Crippen molar-refractivity contribution in [2.24, 2.45) is 0 Å². The van der Waals surface area contributed by atoms with Crippen LogP contribution in [0.3, 0.4) is 0 Å². The molecule has 19 heavy (non-hydrogen) atoms. The van der Waals surface area contributed by atoms with Gasteiger partial charge in [-0.25, -0.2) is 0 Å². The smallest absolute Gasteiger partial charge is 0.147 e. The first kappa shape index (κ1) is 14.9. The van der Waals surface area contributed by atoms with Gasteiger partial charge in [0.25, 0.3) is 0 Å². The number of benzene rings is 1. The lowest BCUT2D eigenvalue weighted by Crippen LogP contribution is -2.13. The number of Topliss-reactive ketones (excluding diaryl/α,β-unsaturated/α-hetero) is 1. The number of carbonyl (C=O) groups excluding carboxylic acids is 1. The Labute approximate surface area is 125 Å². The summed E-state index contributed by atoms with van der Waals surface area (Å²) in [7, 11) is 0. The van der Waals surface area contributed by atoms with Crippen molar-refractivity contribution in [1.82, 2.24) is 0 Å². The zero-order valence-corrected chi connectivity index (χ0v) is 13.0. The maximum absolute atomic E-state index is 12.0. The Bertz CT molecular complexity index is 438. The topological polar surface area (TPSA) is 17.1 Å². The van der Waals surface area contributed by atoms with Gasteiger partial charge in [0.2, 0.25) is 0 Å². The van der Waals surface area contributed by atoms with Crippen molar-refractivity contribution in [3.8, 4) is 0 Å². The van der Waals surface area contributed by atoms with Crippen LogP contribution in [0, 0.1) is 6.92 Å². The fourth-order valence-corrected chi connectivity index (χ4v) is 3.99. The SMILES string of the molecule is Cc1ccc(CC(=O)CSC2CCCCC2)c(Cl)c1. The van der Waals surface area contributed by atoms with Crippen LogP contribution in [-0.2, 0) is 11.2 Å². The van der Waals surface area contributed by atoms with Gasteiger partial charge in [-0.2, -0.15) is 11.8 Å². The molecular weight excluding hydrogens is 276 g/mol. The fourth-order valence-electron chi connectivity index (χ4n) is 2.50. The average Bonchev–Trinajstić information content (AvgIpc) is 2.41. The Hall–Kier alpha value is -0.470. The lowest BCUT2D eigenvalue weighted by Gasteiger charge is -2.20. The van der Waals surface area contributed by atoms with Crippen LogP contribution in [0.2, 0.25) is 5.02 Å². The summed E-state index contributed by atoms with van der Waals surface area (Å²) in [5.41, 5.74) is 2.10. The lowest BCUT2D eigenvalue weighted by molar-refractivity contribution is -0.116. The van der Waals surface area contributed by atoms with Crippen molar-refractivity contribution >= 4 is 29.1 Å². The zero-order valence-electron chi connectivity index (χ0n) is 11.5. The minimum absolute atomic E-state index is 0.293. The van der Waals surface area contributed by atoms with Crippen LogP contribution in [-0.4, -0.2) is 16.8 Å². The zero-order chi connectivity index (χ0) is 13.7. The molecule has 1 nitrogen and oxygen atoms in total. The molecule has 2 rings (SSSR count). The average molecular weight is 297 g/mol. The molecular formula is C16H21ClOS. The third-order valence-electron chi connectivity index (χ3n) is 3.63. The van der Waals surface area contributed by atoms with E-state index in [1.807, 2.05) is 36.9 Å². The molecule has 0 bridgehead atoms. The summed E-state index contributed by atoms with van der Waals surface area (Å²) in [6.07, 6.45) is 7.06. The number of thioether (sulfide) groups is 1. The van der Waals surface area contributed by atoms with Crippen molar-refractivity contribution in [3.05, 3.63) is 34.3 Å². The van der Waals surface area contributed by atoms with Gasteiger partial charge in [-0.3, -0.25) is 4.79 Å². The number of ketones is 1. The Kier molecular flexibility index (Phi) is 5.77. The van der Waals surface area contributed by atoms with Crippen LogP contribution in [0.1, 0.15) is 43.2 Å². The van der Waals surface area contributed by atoms with Crippen LogP contribution in [0.4, 0.5) is 0 Å². The maximum atomic E-state index is 12.0. The molecule has 0 amide bonds. The highest BCUT2D eigenvalue weighted by molar-refractivity contribution is 8.00. The van der Waals surface area contributed by atoms with E-state index in [4.69, 9.17) is 11.6 Å². The van der Waals surface area contributed by atoms with E-state index >= 15 is 0 Å². The molecule has 1 aromatic carbocycles. The van der Waals surface area contributed by atoms with Gasteiger partial charge >= 0.3 is 0 Å². The molecule has 1 aromatic rings. The molecule has 3 heteroatoms. The molecule has 0 aromatic heterocycles. The van der Waals surface area contributed by atoms with Gasteiger partial charge in [0.1, 0.15) is 5.78 Å². The largest absolute Gasteiger partial charge is 0.298 e. The Morgan fingerprint density at radius 2 is 2.05 bits per heavy atom. The van der Waals surface area contributed by atoms with Crippen molar-refractivity contribution in [1.29, 1.82) is 0 Å². The van der Waals surface area contributed by atoms with Crippen LogP contribution in [0.25, 0.3) is 0 Å². The first-order valence-electron chi connectivity index (χ1n) is 7.03. The van der Waals surface area contributed by atoms with Crippen LogP contribution >= 0.6 is 23.4 Å². The normalized spacial score (nSPS) is 16.5. The van der Waals surface area contributed by atoms with Crippen molar-refractivity contribution in [2.45, 2.75) is 50.7 Å². The molecule has 0 spiro atoms. The monoisotopic (exact) mass is 296 g/mol. The minimum atomic E-state index is 0.293. The third-order valence-corrected chi connectivity index (χ3v) is 5.41. The predicted octanol–water partition coefficient (Wildman–Crippen LogP) is 4.83. The van der Waals surface area contributed by atoms with E-state index in [9.17, 15) is 4.79 Å².